The maximum absolute atomic E-state index is 11.0. The van der Waals surface area contributed by atoms with Gasteiger partial charge in [0.2, 0.25) is 0 Å². The van der Waals surface area contributed by atoms with Crippen LogP contribution in [0.2, 0.25) is 0 Å². The van der Waals surface area contributed by atoms with Crippen LogP contribution in [0.25, 0.3) is 0 Å². The van der Waals surface area contributed by atoms with Gasteiger partial charge in [0, 0.05) is 19.7 Å². The van der Waals surface area contributed by atoms with E-state index in [0.717, 1.165) is 12.1 Å². The molecule has 1 aliphatic carbocycles. The van der Waals surface area contributed by atoms with Crippen molar-refractivity contribution in [1.29, 1.82) is 0 Å². The van der Waals surface area contributed by atoms with Crippen LogP contribution < -0.4 is 0 Å². The number of ketones is 1. The second-order valence-corrected chi connectivity index (χ2v) is 2.99. The van der Waals surface area contributed by atoms with E-state index in [0.29, 0.717) is 18.6 Å². The maximum atomic E-state index is 11.0. The highest BCUT2D eigenvalue weighted by Crippen LogP contribution is 2.16. The molecular formula is C8H10N2O. The zero-order valence-electron chi connectivity index (χ0n) is 6.50. The molecule has 0 N–H and O–H groups in total. The fraction of sp³-hybridized carbons (Fsp3) is 0.500. The smallest absolute Gasteiger partial charge is 0.139 e. The summed E-state index contributed by atoms with van der Waals surface area (Å²) < 4.78 is 1.78. The van der Waals surface area contributed by atoms with E-state index in [9.17, 15) is 4.79 Å². The number of nitrogens with zero attached hydrogens (tertiary/aromatic N) is 2. The van der Waals surface area contributed by atoms with Crippen LogP contribution >= 0.6 is 0 Å². The molecule has 0 fully saturated rings. The van der Waals surface area contributed by atoms with Crippen molar-refractivity contribution in [3.8, 4) is 0 Å². The molecule has 1 aromatic heterocycles. The second kappa shape index (κ2) is 2.19. The van der Waals surface area contributed by atoms with Crippen LogP contribution in [0.15, 0.2) is 6.20 Å². The molecule has 58 valence electrons. The third-order valence-electron chi connectivity index (χ3n) is 2.03. The van der Waals surface area contributed by atoms with E-state index in [4.69, 9.17) is 0 Å². The van der Waals surface area contributed by atoms with Crippen molar-refractivity contribution >= 4 is 5.78 Å². The Labute approximate surface area is 65.0 Å². The number of aromatic nitrogens is 2. The quantitative estimate of drug-likeness (QED) is 0.539. The summed E-state index contributed by atoms with van der Waals surface area (Å²) in [5.74, 6) is 0.316. The summed E-state index contributed by atoms with van der Waals surface area (Å²) in [5, 5.41) is 4.20. The Hall–Kier alpha value is -1.12. The van der Waals surface area contributed by atoms with Crippen LogP contribution in [0.4, 0.5) is 0 Å². The van der Waals surface area contributed by atoms with Gasteiger partial charge in [-0.1, -0.05) is 0 Å². The number of fused-ring (bicyclic) bond motifs is 1. The van der Waals surface area contributed by atoms with Gasteiger partial charge in [-0.2, -0.15) is 5.10 Å². The molecule has 0 saturated heterocycles. The van der Waals surface area contributed by atoms with E-state index in [-0.39, 0.29) is 0 Å². The Morgan fingerprint density at radius 1 is 1.55 bits per heavy atom. The normalized spacial score (nSPS) is 16.6. The average molecular weight is 150 g/mol. The van der Waals surface area contributed by atoms with Crippen molar-refractivity contribution in [3.63, 3.8) is 0 Å². The number of carbonyl (C=O) groups excluding carboxylic acids is 1. The minimum atomic E-state index is 0.316. The molecule has 0 radical (unpaired) electrons. The standard InChI is InChI=1S/C8H10N2O/c1-10-5-6-2-3-7(11)4-8(6)9-10/h5H,2-4H2,1H3. The van der Waals surface area contributed by atoms with Crippen molar-refractivity contribution in [3.05, 3.63) is 17.5 Å². The predicted octanol–water partition coefficient (Wildman–Crippen LogP) is 0.478. The van der Waals surface area contributed by atoms with Crippen LogP contribution in [-0.2, 0) is 24.7 Å². The first kappa shape index (κ1) is 6.58. The molecule has 0 bridgehead atoms. The molecule has 1 heterocycles. The largest absolute Gasteiger partial charge is 0.299 e. The van der Waals surface area contributed by atoms with Gasteiger partial charge in [0.05, 0.1) is 12.1 Å². The summed E-state index contributed by atoms with van der Waals surface area (Å²) in [4.78, 5) is 11.0. The number of carbonyl (C=O) groups is 1. The molecule has 3 nitrogen and oxygen atoms in total. The van der Waals surface area contributed by atoms with Crippen molar-refractivity contribution in [2.75, 3.05) is 0 Å². The molecule has 0 aromatic carbocycles. The summed E-state index contributed by atoms with van der Waals surface area (Å²) >= 11 is 0. The van der Waals surface area contributed by atoms with Crippen LogP contribution in [0.3, 0.4) is 0 Å². The minimum absolute atomic E-state index is 0.316. The Balaban J connectivity index is 2.41. The molecule has 0 atom stereocenters. The topological polar surface area (TPSA) is 34.9 Å². The number of Topliss-reactive ketones (excluding diaryl/α,β-unsaturated/α-hetero) is 1. The zero-order valence-corrected chi connectivity index (χ0v) is 6.50. The van der Waals surface area contributed by atoms with Gasteiger partial charge in [-0.25, -0.2) is 0 Å². The molecule has 0 saturated carbocycles. The third-order valence-corrected chi connectivity index (χ3v) is 2.03. The summed E-state index contributed by atoms with van der Waals surface area (Å²) in [6.07, 6.45) is 4.11. The fourth-order valence-electron chi connectivity index (χ4n) is 1.49. The average Bonchev–Trinajstić information content (AvgIpc) is 2.27. The molecule has 11 heavy (non-hydrogen) atoms. The monoisotopic (exact) mass is 150 g/mol. The maximum Gasteiger partial charge on any atom is 0.139 e. The number of hydrogen-bond donors (Lipinski definition) is 0. The molecule has 0 aliphatic heterocycles. The highest BCUT2D eigenvalue weighted by atomic mass is 16.1. The third kappa shape index (κ3) is 1.06. The number of hydrogen-bond acceptors (Lipinski definition) is 2. The van der Waals surface area contributed by atoms with Gasteiger partial charge in [-0.15, -0.1) is 0 Å². The molecule has 0 unspecified atom stereocenters. The highest BCUT2D eigenvalue weighted by Gasteiger charge is 2.17. The minimum Gasteiger partial charge on any atom is -0.299 e. The van der Waals surface area contributed by atoms with Crippen LogP contribution in [0, 0.1) is 0 Å². The Morgan fingerprint density at radius 2 is 2.36 bits per heavy atom. The molecule has 0 amide bonds. The Morgan fingerprint density at radius 3 is 3.18 bits per heavy atom. The Bertz CT molecular complexity index is 301. The van der Waals surface area contributed by atoms with Gasteiger partial charge < -0.3 is 0 Å². The van der Waals surface area contributed by atoms with Crippen molar-refractivity contribution in [1.82, 2.24) is 9.78 Å². The van der Waals surface area contributed by atoms with E-state index >= 15 is 0 Å². The summed E-state index contributed by atoms with van der Waals surface area (Å²) in [6.45, 7) is 0. The van der Waals surface area contributed by atoms with Crippen molar-refractivity contribution in [2.45, 2.75) is 19.3 Å². The first-order valence-corrected chi connectivity index (χ1v) is 3.79. The molecule has 1 aromatic rings. The molecule has 3 heteroatoms. The SMILES string of the molecule is Cn1cc2c(n1)CC(=O)CC2. The lowest BCUT2D eigenvalue weighted by molar-refractivity contribution is -0.118. The van der Waals surface area contributed by atoms with E-state index in [2.05, 4.69) is 5.10 Å². The number of rotatable bonds is 0. The van der Waals surface area contributed by atoms with Crippen molar-refractivity contribution < 1.29 is 4.79 Å². The first-order chi connectivity index (χ1) is 5.25. The summed E-state index contributed by atoms with van der Waals surface area (Å²) in [5.41, 5.74) is 2.22. The number of aryl methyl sites for hydroxylation is 2. The lowest BCUT2D eigenvalue weighted by Gasteiger charge is -2.06. The van der Waals surface area contributed by atoms with Gasteiger partial charge in [-0.3, -0.25) is 9.48 Å². The lowest BCUT2D eigenvalue weighted by Crippen LogP contribution is -2.12. The van der Waals surface area contributed by atoms with Gasteiger partial charge in [-0.05, 0) is 12.0 Å². The molecular weight excluding hydrogens is 140 g/mol. The van der Waals surface area contributed by atoms with E-state index in [1.165, 1.54) is 5.56 Å². The first-order valence-electron chi connectivity index (χ1n) is 3.79. The molecule has 2 rings (SSSR count). The highest BCUT2D eigenvalue weighted by molar-refractivity contribution is 5.82. The zero-order chi connectivity index (χ0) is 7.84. The van der Waals surface area contributed by atoms with Gasteiger partial charge in [0.1, 0.15) is 5.78 Å². The predicted molar refractivity (Wildman–Crippen MR) is 40.2 cm³/mol. The van der Waals surface area contributed by atoms with E-state index in [1.54, 1.807) is 4.68 Å². The van der Waals surface area contributed by atoms with Gasteiger partial charge >= 0.3 is 0 Å². The van der Waals surface area contributed by atoms with Crippen molar-refractivity contribution in [2.24, 2.45) is 7.05 Å². The summed E-state index contributed by atoms with van der Waals surface area (Å²) in [7, 11) is 1.89. The summed E-state index contributed by atoms with van der Waals surface area (Å²) in [6, 6.07) is 0. The van der Waals surface area contributed by atoms with Crippen LogP contribution in [0.5, 0.6) is 0 Å². The second-order valence-electron chi connectivity index (χ2n) is 2.99. The van der Waals surface area contributed by atoms with E-state index in [1.807, 2.05) is 13.2 Å². The van der Waals surface area contributed by atoms with E-state index < -0.39 is 0 Å². The van der Waals surface area contributed by atoms with Crippen LogP contribution in [-0.4, -0.2) is 15.6 Å². The lowest BCUT2D eigenvalue weighted by atomic mass is 9.97. The fourth-order valence-corrected chi connectivity index (χ4v) is 1.49. The van der Waals surface area contributed by atoms with Crippen LogP contribution in [0.1, 0.15) is 17.7 Å². The van der Waals surface area contributed by atoms with Gasteiger partial charge in [0.25, 0.3) is 0 Å². The molecule has 0 spiro atoms. The van der Waals surface area contributed by atoms with Gasteiger partial charge in [0.15, 0.2) is 0 Å². The Kier molecular flexibility index (Phi) is 1.31. The molecule has 1 aliphatic rings.